The number of nitrogens with zero attached hydrogens (tertiary/aromatic N) is 2. The van der Waals surface area contributed by atoms with Crippen LogP contribution in [0.5, 0.6) is 11.5 Å². The lowest BCUT2D eigenvalue weighted by Gasteiger charge is -2.29. The third-order valence-corrected chi connectivity index (χ3v) is 6.79. The Morgan fingerprint density at radius 3 is 1.88 bits per heavy atom. The van der Waals surface area contributed by atoms with E-state index in [4.69, 9.17) is 14.5 Å². The quantitative estimate of drug-likeness (QED) is 0.397. The Morgan fingerprint density at radius 1 is 0.941 bits per heavy atom. The van der Waals surface area contributed by atoms with E-state index in [0.29, 0.717) is 18.8 Å². The average Bonchev–Trinajstić information content (AvgIpc) is 2.84. The molecule has 6 nitrogen and oxygen atoms in total. The van der Waals surface area contributed by atoms with E-state index in [1.807, 2.05) is 81.4 Å². The average molecular weight is 480 g/mol. The lowest BCUT2D eigenvalue weighted by atomic mass is 10.1. The predicted octanol–water partition coefficient (Wildman–Crippen LogP) is 5.33. The van der Waals surface area contributed by atoms with E-state index < -0.39 is 16.1 Å². The molecule has 0 aliphatic rings. The normalized spacial score (nSPS) is 12.1. The maximum absolute atomic E-state index is 12.7. The standard InChI is InChI=1S/C27H33N3O3S/c1-20(29-34(31)27(2,3)4)25-8-7-17-28-26(25)30(18-21-9-13-23(32-5)14-10-21)19-22-11-15-24(33-6)16-12-22/h7-17,29H,1,18-19H2,2-6H3. The largest absolute Gasteiger partial charge is 0.593 e. The molecule has 0 amide bonds. The molecule has 180 valence electrons. The summed E-state index contributed by atoms with van der Waals surface area (Å²) in [7, 11) is 3.32. The summed E-state index contributed by atoms with van der Waals surface area (Å²) in [5, 5.41) is 0. The van der Waals surface area contributed by atoms with Crippen molar-refractivity contribution >= 4 is 22.9 Å². The number of ether oxygens (including phenoxy) is 2. The maximum Gasteiger partial charge on any atom is 0.142 e. The number of hydrogen-bond acceptors (Lipinski definition) is 6. The van der Waals surface area contributed by atoms with E-state index in [2.05, 4.69) is 16.2 Å². The van der Waals surface area contributed by atoms with Crippen LogP contribution in [0.3, 0.4) is 0 Å². The molecule has 0 aliphatic heterocycles. The van der Waals surface area contributed by atoms with Crippen LogP contribution < -0.4 is 19.1 Å². The molecule has 1 N–H and O–H groups in total. The summed E-state index contributed by atoms with van der Waals surface area (Å²) in [5.74, 6) is 2.38. The number of aromatic nitrogens is 1. The first-order valence-electron chi connectivity index (χ1n) is 11.0. The van der Waals surface area contributed by atoms with Gasteiger partial charge in [0.25, 0.3) is 0 Å². The Balaban J connectivity index is 1.95. The number of benzene rings is 2. The van der Waals surface area contributed by atoms with Crippen molar-refractivity contribution in [3.05, 3.63) is 90.1 Å². The Morgan fingerprint density at radius 2 is 1.44 bits per heavy atom. The van der Waals surface area contributed by atoms with Crippen molar-refractivity contribution < 1.29 is 14.0 Å². The van der Waals surface area contributed by atoms with Gasteiger partial charge in [-0.05, 0) is 68.3 Å². The van der Waals surface area contributed by atoms with Crippen LogP contribution >= 0.6 is 0 Å². The highest BCUT2D eigenvalue weighted by molar-refractivity contribution is 7.91. The van der Waals surface area contributed by atoms with Gasteiger partial charge in [0.05, 0.1) is 31.3 Å². The summed E-state index contributed by atoms with van der Waals surface area (Å²) in [6, 6.07) is 19.8. The Labute approximate surface area is 205 Å². The zero-order valence-electron chi connectivity index (χ0n) is 20.5. The van der Waals surface area contributed by atoms with Gasteiger partial charge in [-0.1, -0.05) is 30.8 Å². The minimum atomic E-state index is -1.30. The Kier molecular flexibility index (Phi) is 8.47. The molecule has 0 spiro atoms. The van der Waals surface area contributed by atoms with E-state index in [1.54, 1.807) is 20.4 Å². The highest BCUT2D eigenvalue weighted by Crippen LogP contribution is 2.28. The minimum Gasteiger partial charge on any atom is -0.593 e. The molecule has 0 saturated heterocycles. The predicted molar refractivity (Wildman–Crippen MR) is 140 cm³/mol. The zero-order valence-corrected chi connectivity index (χ0v) is 21.3. The van der Waals surface area contributed by atoms with E-state index in [-0.39, 0.29) is 0 Å². The van der Waals surface area contributed by atoms with Crippen LogP contribution in [0.1, 0.15) is 37.5 Å². The van der Waals surface area contributed by atoms with Gasteiger partial charge in [-0.25, -0.2) is 9.71 Å². The third kappa shape index (κ3) is 6.68. The molecule has 1 atom stereocenters. The summed E-state index contributed by atoms with van der Waals surface area (Å²) in [4.78, 5) is 6.89. The molecule has 2 aromatic carbocycles. The molecule has 3 aromatic rings. The van der Waals surface area contributed by atoms with Gasteiger partial charge in [0.2, 0.25) is 0 Å². The van der Waals surface area contributed by atoms with E-state index in [1.165, 1.54) is 0 Å². The molecule has 1 aromatic heterocycles. The van der Waals surface area contributed by atoms with Crippen molar-refractivity contribution in [3.8, 4) is 11.5 Å². The van der Waals surface area contributed by atoms with Crippen molar-refractivity contribution in [3.63, 3.8) is 0 Å². The van der Waals surface area contributed by atoms with Crippen LogP contribution in [0.15, 0.2) is 73.4 Å². The number of nitrogens with one attached hydrogen (secondary N) is 1. The summed E-state index contributed by atoms with van der Waals surface area (Å²) < 4.78 is 26.0. The van der Waals surface area contributed by atoms with Crippen molar-refractivity contribution in [2.75, 3.05) is 19.1 Å². The molecule has 0 aliphatic carbocycles. The number of anilines is 1. The monoisotopic (exact) mass is 479 g/mol. The van der Waals surface area contributed by atoms with Gasteiger partial charge in [0.1, 0.15) is 22.1 Å². The van der Waals surface area contributed by atoms with Crippen LogP contribution in [0.2, 0.25) is 0 Å². The lowest BCUT2D eigenvalue weighted by molar-refractivity contribution is 0.414. The fraction of sp³-hybridized carbons (Fsp3) is 0.296. The van der Waals surface area contributed by atoms with Crippen molar-refractivity contribution in [1.29, 1.82) is 0 Å². The topological polar surface area (TPSA) is 69.7 Å². The van der Waals surface area contributed by atoms with Crippen molar-refractivity contribution in [2.45, 2.75) is 38.6 Å². The Hall–Kier alpha value is -3.16. The van der Waals surface area contributed by atoms with Gasteiger partial charge in [-0.15, -0.1) is 0 Å². The third-order valence-electron chi connectivity index (χ3n) is 5.25. The number of pyridine rings is 1. The number of rotatable bonds is 10. The summed E-state index contributed by atoms with van der Waals surface area (Å²) in [6.45, 7) is 11.2. The van der Waals surface area contributed by atoms with Crippen LogP contribution in [-0.2, 0) is 24.5 Å². The van der Waals surface area contributed by atoms with Gasteiger partial charge in [-0.3, -0.25) is 0 Å². The lowest BCUT2D eigenvalue weighted by Crippen LogP contribution is -2.38. The first-order chi connectivity index (χ1) is 16.2. The first-order valence-corrected chi connectivity index (χ1v) is 12.2. The van der Waals surface area contributed by atoms with Crippen LogP contribution in [-0.4, -0.2) is 28.5 Å². The second-order valence-corrected chi connectivity index (χ2v) is 10.9. The molecule has 0 saturated carbocycles. The Bertz CT molecular complexity index is 1030. The molecule has 0 fully saturated rings. The second kappa shape index (κ2) is 11.3. The minimum absolute atomic E-state index is 0.419. The summed E-state index contributed by atoms with van der Waals surface area (Å²) >= 11 is -1.30. The molecule has 0 radical (unpaired) electrons. The number of methoxy groups -OCH3 is 2. The van der Waals surface area contributed by atoms with Crippen LogP contribution in [0.25, 0.3) is 5.70 Å². The summed E-state index contributed by atoms with van der Waals surface area (Å²) in [5.41, 5.74) is 3.61. The van der Waals surface area contributed by atoms with E-state index >= 15 is 0 Å². The summed E-state index contributed by atoms with van der Waals surface area (Å²) in [6.07, 6.45) is 1.77. The smallest absolute Gasteiger partial charge is 0.142 e. The zero-order chi connectivity index (χ0) is 24.7. The van der Waals surface area contributed by atoms with Gasteiger partial charge in [0.15, 0.2) is 0 Å². The molecule has 34 heavy (non-hydrogen) atoms. The van der Waals surface area contributed by atoms with Gasteiger partial charge >= 0.3 is 0 Å². The molecular weight excluding hydrogens is 446 g/mol. The molecule has 1 heterocycles. The molecule has 3 rings (SSSR count). The van der Waals surface area contributed by atoms with Gasteiger partial charge in [-0.2, -0.15) is 0 Å². The molecule has 7 heteroatoms. The SMILES string of the molecule is C=C(N[S+]([O-])C(C)(C)C)c1cccnc1N(Cc1ccc(OC)cc1)Cc1ccc(OC)cc1. The van der Waals surface area contributed by atoms with Crippen LogP contribution in [0.4, 0.5) is 5.82 Å². The highest BCUT2D eigenvalue weighted by atomic mass is 32.2. The second-order valence-electron chi connectivity index (χ2n) is 8.89. The van der Waals surface area contributed by atoms with Gasteiger partial charge in [0, 0.05) is 24.8 Å². The molecule has 1 unspecified atom stereocenters. The molecular formula is C27H33N3O3S. The first kappa shape index (κ1) is 25.5. The van der Waals surface area contributed by atoms with Crippen molar-refractivity contribution in [2.24, 2.45) is 0 Å². The molecule has 0 bridgehead atoms. The fourth-order valence-corrected chi connectivity index (χ4v) is 3.95. The fourth-order valence-electron chi connectivity index (χ4n) is 3.31. The van der Waals surface area contributed by atoms with E-state index in [0.717, 1.165) is 34.0 Å². The number of hydrogen-bond donors (Lipinski definition) is 1. The van der Waals surface area contributed by atoms with Gasteiger partial charge < -0.3 is 18.9 Å². The maximum atomic E-state index is 12.7. The van der Waals surface area contributed by atoms with E-state index in [9.17, 15) is 4.55 Å². The highest BCUT2D eigenvalue weighted by Gasteiger charge is 2.28. The van der Waals surface area contributed by atoms with Crippen molar-refractivity contribution in [1.82, 2.24) is 9.71 Å². The van der Waals surface area contributed by atoms with Crippen LogP contribution in [0, 0.1) is 0 Å².